The van der Waals surface area contributed by atoms with Crippen LogP contribution in [0.4, 0.5) is 11.5 Å². The van der Waals surface area contributed by atoms with E-state index in [-0.39, 0.29) is 24.0 Å². The molecule has 1 aromatic carbocycles. The lowest BCUT2D eigenvalue weighted by atomic mass is 10.2. The van der Waals surface area contributed by atoms with Crippen LogP contribution in [-0.2, 0) is 11.3 Å². The Hall–Kier alpha value is -2.62. The van der Waals surface area contributed by atoms with Crippen LogP contribution in [0, 0.1) is 5.92 Å². The highest BCUT2D eigenvalue weighted by Crippen LogP contribution is 2.36. The average molecular weight is 465 g/mol. The maximum atomic E-state index is 13.6. The van der Waals surface area contributed by atoms with Crippen molar-refractivity contribution in [1.82, 2.24) is 9.55 Å². The van der Waals surface area contributed by atoms with Gasteiger partial charge < -0.3 is 10.5 Å². The molecule has 0 saturated heterocycles. The summed E-state index contributed by atoms with van der Waals surface area (Å²) in [5.74, 6) is -0.395. The zero-order chi connectivity index (χ0) is 22.7. The van der Waals surface area contributed by atoms with Crippen molar-refractivity contribution in [3.05, 3.63) is 55.0 Å². The molecule has 0 atom stereocenters. The van der Waals surface area contributed by atoms with Crippen LogP contribution in [-0.4, -0.2) is 35.7 Å². The second-order valence-electron chi connectivity index (χ2n) is 7.54. The monoisotopic (exact) mass is 464 g/mol. The third kappa shape index (κ3) is 4.68. The number of carbonyl (C=O) groups excluding carboxylic acids is 1. The number of rotatable bonds is 8. The number of carbonyl (C=O) groups is 1. The third-order valence-electron chi connectivity index (χ3n) is 4.74. The molecule has 0 unspecified atom stereocenters. The van der Waals surface area contributed by atoms with Crippen molar-refractivity contribution in [3.8, 4) is 0 Å². The molecule has 31 heavy (non-hydrogen) atoms. The van der Waals surface area contributed by atoms with E-state index in [1.165, 1.54) is 20.8 Å². The molecule has 0 aliphatic rings. The number of nitrogens with one attached hydrogen (secondary N) is 1. The van der Waals surface area contributed by atoms with Gasteiger partial charge in [-0.1, -0.05) is 43.6 Å². The van der Waals surface area contributed by atoms with E-state index < -0.39 is 17.2 Å². The number of hydrogen-bond donors (Lipinski definition) is 2. The fraction of sp³-hybridized carbons (Fsp3) is 0.381. The minimum absolute atomic E-state index is 0.0505. The highest BCUT2D eigenvalue weighted by molar-refractivity contribution is 7.21. The molecule has 0 saturated carbocycles. The molecule has 8 nitrogen and oxygen atoms in total. The Labute approximate surface area is 188 Å². The Bertz CT molecular complexity index is 1210. The number of halogens is 1. The molecule has 0 aliphatic carbocycles. The Morgan fingerprint density at radius 2 is 2.03 bits per heavy atom. The highest BCUT2D eigenvalue weighted by Gasteiger charge is 2.28. The number of anilines is 2. The van der Waals surface area contributed by atoms with Crippen molar-refractivity contribution in [2.75, 3.05) is 30.9 Å². The summed E-state index contributed by atoms with van der Waals surface area (Å²) in [4.78, 5) is 42.5. The van der Waals surface area contributed by atoms with E-state index in [4.69, 9.17) is 22.1 Å². The largest absolute Gasteiger partial charge is 0.385 e. The molecule has 0 fully saturated rings. The summed E-state index contributed by atoms with van der Waals surface area (Å²) in [6.07, 6.45) is 0.465. The third-order valence-corrected chi connectivity index (χ3v) is 6.40. The number of thiophene rings is 1. The molecule has 0 bridgehead atoms. The van der Waals surface area contributed by atoms with Crippen molar-refractivity contribution in [3.63, 3.8) is 0 Å². The van der Waals surface area contributed by atoms with Crippen molar-refractivity contribution in [1.29, 1.82) is 0 Å². The number of amides is 1. The topological polar surface area (TPSA) is 110 Å². The normalized spacial score (nSPS) is 11.4. The van der Waals surface area contributed by atoms with Gasteiger partial charge >= 0.3 is 5.69 Å². The Morgan fingerprint density at radius 1 is 1.32 bits per heavy atom. The summed E-state index contributed by atoms with van der Waals surface area (Å²) in [5.41, 5.74) is 4.87. The molecule has 166 valence electrons. The SMILES string of the molecule is COCCCN(C(=O)c1sc2ccccc2c1Cl)c1c(N)n(CC(C)C)c(=O)[nH]c1=O. The van der Waals surface area contributed by atoms with Gasteiger partial charge in [0.15, 0.2) is 5.69 Å². The predicted molar refractivity (Wildman–Crippen MR) is 126 cm³/mol. The van der Waals surface area contributed by atoms with Crippen LogP contribution < -0.4 is 21.9 Å². The molecule has 3 N–H and O–H groups in total. The first-order valence-corrected chi connectivity index (χ1v) is 11.1. The summed E-state index contributed by atoms with van der Waals surface area (Å²) < 4.78 is 7.25. The zero-order valence-corrected chi connectivity index (χ0v) is 19.2. The molecule has 0 spiro atoms. The van der Waals surface area contributed by atoms with Gasteiger partial charge in [0, 0.05) is 36.9 Å². The first kappa shape index (κ1) is 23.1. The summed E-state index contributed by atoms with van der Waals surface area (Å²) in [6.45, 7) is 4.71. The molecule has 1 amide bonds. The number of hydrogen-bond acceptors (Lipinski definition) is 6. The van der Waals surface area contributed by atoms with Gasteiger partial charge in [-0.15, -0.1) is 11.3 Å². The standard InChI is InChI=1S/C21H25ClN4O4S/c1-12(2)11-26-18(23)16(19(27)24-21(26)29)25(9-6-10-30-3)20(28)17-15(22)13-7-4-5-8-14(13)31-17/h4-5,7-8,12H,6,9-11,23H2,1-3H3,(H,24,27,29). The van der Waals surface area contributed by atoms with E-state index in [1.54, 1.807) is 7.11 Å². The molecule has 0 radical (unpaired) electrons. The zero-order valence-electron chi connectivity index (χ0n) is 17.6. The fourth-order valence-electron chi connectivity index (χ4n) is 3.34. The van der Waals surface area contributed by atoms with Crippen LogP contribution in [0.1, 0.15) is 29.9 Å². The van der Waals surface area contributed by atoms with Crippen molar-refractivity contribution in [2.45, 2.75) is 26.8 Å². The molecule has 3 rings (SSSR count). The van der Waals surface area contributed by atoms with Crippen LogP contribution in [0.25, 0.3) is 10.1 Å². The molecule has 10 heteroatoms. The van der Waals surface area contributed by atoms with Crippen molar-refractivity contribution < 1.29 is 9.53 Å². The predicted octanol–water partition coefficient (Wildman–Crippen LogP) is 3.33. The molecular formula is C21H25ClN4O4S. The fourth-order valence-corrected chi connectivity index (χ4v) is 4.80. The lowest BCUT2D eigenvalue weighted by Gasteiger charge is -2.24. The summed E-state index contributed by atoms with van der Waals surface area (Å²) in [6, 6.07) is 7.42. The van der Waals surface area contributed by atoms with Gasteiger partial charge in [0.1, 0.15) is 10.7 Å². The minimum Gasteiger partial charge on any atom is -0.385 e. The average Bonchev–Trinajstić information content (AvgIpc) is 3.06. The maximum absolute atomic E-state index is 13.6. The van der Waals surface area contributed by atoms with E-state index in [1.807, 2.05) is 38.1 Å². The number of nitrogen functional groups attached to an aromatic ring is 1. The molecule has 3 aromatic rings. The lowest BCUT2D eigenvalue weighted by Crippen LogP contribution is -2.42. The number of fused-ring (bicyclic) bond motifs is 1. The maximum Gasteiger partial charge on any atom is 0.330 e. The number of nitrogens with zero attached hydrogens (tertiary/aromatic N) is 2. The van der Waals surface area contributed by atoms with Crippen molar-refractivity contribution in [2.24, 2.45) is 5.92 Å². The van der Waals surface area contributed by atoms with E-state index in [9.17, 15) is 14.4 Å². The van der Waals surface area contributed by atoms with Crippen LogP contribution in [0.3, 0.4) is 0 Å². The molecular weight excluding hydrogens is 440 g/mol. The van der Waals surface area contributed by atoms with Gasteiger partial charge in [-0.25, -0.2) is 4.79 Å². The molecule has 2 heterocycles. The number of benzene rings is 1. The Morgan fingerprint density at radius 3 is 2.68 bits per heavy atom. The number of methoxy groups -OCH3 is 1. The highest BCUT2D eigenvalue weighted by atomic mass is 35.5. The van der Waals surface area contributed by atoms with Gasteiger partial charge in [-0.2, -0.15) is 0 Å². The summed E-state index contributed by atoms with van der Waals surface area (Å²) in [5, 5.41) is 1.09. The van der Waals surface area contributed by atoms with E-state index in [2.05, 4.69) is 4.98 Å². The van der Waals surface area contributed by atoms with Gasteiger partial charge in [0.25, 0.3) is 11.5 Å². The molecule has 2 aromatic heterocycles. The number of aromatic nitrogens is 2. The number of ether oxygens (including phenoxy) is 1. The van der Waals surface area contributed by atoms with E-state index in [0.29, 0.717) is 29.5 Å². The quantitative estimate of drug-likeness (QED) is 0.497. The van der Waals surface area contributed by atoms with Crippen LogP contribution in [0.5, 0.6) is 0 Å². The first-order valence-electron chi connectivity index (χ1n) is 9.86. The Kier molecular flexibility index (Phi) is 7.19. The van der Waals surface area contributed by atoms with E-state index in [0.717, 1.165) is 10.1 Å². The smallest absolute Gasteiger partial charge is 0.330 e. The van der Waals surface area contributed by atoms with E-state index >= 15 is 0 Å². The second-order valence-corrected chi connectivity index (χ2v) is 8.97. The van der Waals surface area contributed by atoms with Crippen LogP contribution >= 0.6 is 22.9 Å². The minimum atomic E-state index is -0.717. The van der Waals surface area contributed by atoms with Gasteiger partial charge in [0.2, 0.25) is 0 Å². The van der Waals surface area contributed by atoms with Gasteiger partial charge in [-0.05, 0) is 18.4 Å². The number of aromatic amines is 1. The summed E-state index contributed by atoms with van der Waals surface area (Å²) in [7, 11) is 1.55. The first-order chi connectivity index (χ1) is 14.8. The molecule has 0 aliphatic heterocycles. The van der Waals surface area contributed by atoms with Crippen LogP contribution in [0.15, 0.2) is 33.9 Å². The lowest BCUT2D eigenvalue weighted by molar-refractivity contribution is 0.0987. The number of H-pyrrole nitrogens is 1. The van der Waals surface area contributed by atoms with Crippen molar-refractivity contribution >= 4 is 50.4 Å². The summed E-state index contributed by atoms with van der Waals surface area (Å²) >= 11 is 7.76. The van der Waals surface area contributed by atoms with Crippen LogP contribution in [0.2, 0.25) is 5.02 Å². The van der Waals surface area contributed by atoms with Gasteiger partial charge in [0.05, 0.1) is 5.02 Å². The Balaban J connectivity index is 2.15. The van der Waals surface area contributed by atoms with Gasteiger partial charge in [-0.3, -0.25) is 24.0 Å². The number of nitrogens with two attached hydrogens (primary N) is 1. The second kappa shape index (κ2) is 9.67.